The minimum Gasteiger partial charge on any atom is -0.481 e. The summed E-state index contributed by atoms with van der Waals surface area (Å²) in [6.45, 7) is 8.65. The van der Waals surface area contributed by atoms with Crippen LogP contribution in [-0.2, 0) is 4.79 Å². The van der Waals surface area contributed by atoms with E-state index in [4.69, 9.17) is 5.11 Å². The van der Waals surface area contributed by atoms with E-state index >= 15 is 0 Å². The van der Waals surface area contributed by atoms with Gasteiger partial charge in [-0.15, -0.1) is 0 Å². The van der Waals surface area contributed by atoms with Crippen LogP contribution in [0.3, 0.4) is 0 Å². The second kappa shape index (κ2) is 4.94. The molecule has 2 aliphatic heterocycles. The van der Waals surface area contributed by atoms with Crippen molar-refractivity contribution in [1.82, 2.24) is 9.80 Å². The lowest BCUT2D eigenvalue weighted by atomic mass is 9.99. The molecule has 2 aliphatic rings. The molecule has 0 aliphatic carbocycles. The zero-order chi connectivity index (χ0) is 12.5. The molecule has 17 heavy (non-hydrogen) atoms. The van der Waals surface area contributed by atoms with Crippen LogP contribution < -0.4 is 0 Å². The van der Waals surface area contributed by atoms with Crippen molar-refractivity contribution in [1.29, 1.82) is 0 Å². The number of carbonyl (C=O) groups is 1. The van der Waals surface area contributed by atoms with Crippen molar-refractivity contribution < 1.29 is 9.90 Å². The fourth-order valence-electron chi connectivity index (χ4n) is 3.18. The molecule has 0 aromatic carbocycles. The van der Waals surface area contributed by atoms with Gasteiger partial charge in [0.25, 0.3) is 0 Å². The molecule has 4 heteroatoms. The van der Waals surface area contributed by atoms with E-state index in [-0.39, 0.29) is 12.0 Å². The Kier molecular flexibility index (Phi) is 3.73. The van der Waals surface area contributed by atoms with Crippen LogP contribution in [-0.4, -0.2) is 58.6 Å². The van der Waals surface area contributed by atoms with Gasteiger partial charge in [0, 0.05) is 24.7 Å². The molecule has 98 valence electrons. The van der Waals surface area contributed by atoms with Gasteiger partial charge in [-0.05, 0) is 46.2 Å². The number of carboxylic acid groups (broad SMARTS) is 1. The Bertz CT molecular complexity index is 285. The van der Waals surface area contributed by atoms with Gasteiger partial charge in [0.2, 0.25) is 0 Å². The number of hydrogen-bond donors (Lipinski definition) is 1. The molecule has 1 unspecified atom stereocenters. The lowest BCUT2D eigenvalue weighted by molar-refractivity contribution is -0.139. The third kappa shape index (κ3) is 2.99. The molecule has 0 spiro atoms. The van der Waals surface area contributed by atoms with Crippen LogP contribution in [0.2, 0.25) is 0 Å². The highest BCUT2D eigenvalue weighted by atomic mass is 16.4. The standard InChI is InChI=1S/C13H24N2O2/c1-13(2,9-12(16)17)15-8-5-11(10-15)14-6-3-4-7-14/h11H,3-10H2,1-2H3,(H,16,17). The highest BCUT2D eigenvalue weighted by Crippen LogP contribution is 2.28. The van der Waals surface area contributed by atoms with Crippen molar-refractivity contribution >= 4 is 5.97 Å². The van der Waals surface area contributed by atoms with Crippen LogP contribution in [0.4, 0.5) is 0 Å². The van der Waals surface area contributed by atoms with Gasteiger partial charge in [0.05, 0.1) is 6.42 Å². The monoisotopic (exact) mass is 240 g/mol. The third-order valence-corrected chi connectivity index (χ3v) is 4.26. The molecule has 1 atom stereocenters. The maximum absolute atomic E-state index is 10.9. The second-order valence-electron chi connectivity index (χ2n) is 6.01. The summed E-state index contributed by atoms with van der Waals surface area (Å²) in [5, 5.41) is 8.95. The van der Waals surface area contributed by atoms with E-state index in [2.05, 4.69) is 9.80 Å². The maximum Gasteiger partial charge on any atom is 0.305 e. The van der Waals surface area contributed by atoms with Crippen molar-refractivity contribution in [3.05, 3.63) is 0 Å². The van der Waals surface area contributed by atoms with E-state index in [1.807, 2.05) is 13.8 Å². The Hall–Kier alpha value is -0.610. The smallest absolute Gasteiger partial charge is 0.305 e. The molecule has 1 N–H and O–H groups in total. The third-order valence-electron chi connectivity index (χ3n) is 4.26. The van der Waals surface area contributed by atoms with E-state index < -0.39 is 5.97 Å². The van der Waals surface area contributed by atoms with Crippen LogP contribution in [0.15, 0.2) is 0 Å². The molecular formula is C13H24N2O2. The van der Waals surface area contributed by atoms with Crippen molar-refractivity contribution in [3.8, 4) is 0 Å². The van der Waals surface area contributed by atoms with Gasteiger partial charge in [-0.1, -0.05) is 0 Å². The van der Waals surface area contributed by atoms with Crippen molar-refractivity contribution in [2.75, 3.05) is 26.2 Å². The molecule has 0 aromatic rings. The van der Waals surface area contributed by atoms with Crippen LogP contribution >= 0.6 is 0 Å². The fourth-order valence-corrected chi connectivity index (χ4v) is 3.18. The van der Waals surface area contributed by atoms with Crippen LogP contribution in [0, 0.1) is 0 Å². The minimum atomic E-state index is -0.695. The van der Waals surface area contributed by atoms with Gasteiger partial charge in [-0.2, -0.15) is 0 Å². The number of hydrogen-bond acceptors (Lipinski definition) is 3. The van der Waals surface area contributed by atoms with Gasteiger partial charge in [-0.25, -0.2) is 0 Å². The maximum atomic E-state index is 10.9. The summed E-state index contributed by atoms with van der Waals surface area (Å²) in [5.41, 5.74) is -0.208. The summed E-state index contributed by atoms with van der Waals surface area (Å²) < 4.78 is 0. The summed E-state index contributed by atoms with van der Waals surface area (Å²) in [7, 11) is 0. The molecule has 0 amide bonds. The van der Waals surface area contributed by atoms with Gasteiger partial charge < -0.3 is 5.11 Å². The molecule has 2 rings (SSSR count). The SMILES string of the molecule is CC(C)(CC(=O)O)N1CCC(N2CCCC2)C1. The summed E-state index contributed by atoms with van der Waals surface area (Å²) in [4.78, 5) is 15.8. The molecule has 0 aromatic heterocycles. The van der Waals surface area contributed by atoms with E-state index in [9.17, 15) is 4.79 Å². The Morgan fingerprint density at radius 3 is 2.53 bits per heavy atom. The molecule has 0 saturated carbocycles. The lowest BCUT2D eigenvalue weighted by Crippen LogP contribution is -2.46. The molecule has 2 saturated heterocycles. The number of rotatable bonds is 4. The molecule has 0 bridgehead atoms. The van der Waals surface area contributed by atoms with Crippen molar-refractivity contribution in [2.45, 2.75) is 51.1 Å². The number of carboxylic acids is 1. The minimum absolute atomic E-state index is 0.208. The Morgan fingerprint density at radius 1 is 1.29 bits per heavy atom. The molecule has 0 radical (unpaired) electrons. The van der Waals surface area contributed by atoms with Gasteiger partial charge in [0.1, 0.15) is 0 Å². The van der Waals surface area contributed by atoms with E-state index in [1.165, 1.54) is 32.4 Å². The van der Waals surface area contributed by atoms with Gasteiger partial charge in [0.15, 0.2) is 0 Å². The fraction of sp³-hybridized carbons (Fsp3) is 0.923. The first-order chi connectivity index (χ1) is 7.99. The number of likely N-dealkylation sites (tertiary alicyclic amines) is 2. The van der Waals surface area contributed by atoms with Gasteiger partial charge >= 0.3 is 5.97 Å². The Morgan fingerprint density at radius 2 is 1.94 bits per heavy atom. The largest absolute Gasteiger partial charge is 0.481 e. The predicted octanol–water partition coefficient (Wildman–Crippen LogP) is 1.41. The Labute approximate surface area is 104 Å². The second-order valence-corrected chi connectivity index (χ2v) is 6.01. The molecule has 4 nitrogen and oxygen atoms in total. The number of nitrogens with zero attached hydrogens (tertiary/aromatic N) is 2. The number of aliphatic carboxylic acids is 1. The van der Waals surface area contributed by atoms with E-state index in [1.54, 1.807) is 0 Å². The average Bonchev–Trinajstić information content (AvgIpc) is 2.87. The zero-order valence-electron chi connectivity index (χ0n) is 11.0. The predicted molar refractivity (Wildman–Crippen MR) is 67.1 cm³/mol. The van der Waals surface area contributed by atoms with E-state index in [0.29, 0.717) is 6.04 Å². The van der Waals surface area contributed by atoms with Crippen molar-refractivity contribution in [2.24, 2.45) is 0 Å². The van der Waals surface area contributed by atoms with Crippen LogP contribution in [0.1, 0.15) is 39.5 Å². The average molecular weight is 240 g/mol. The van der Waals surface area contributed by atoms with Gasteiger partial charge in [-0.3, -0.25) is 14.6 Å². The molecule has 2 fully saturated rings. The summed E-state index contributed by atoms with van der Waals surface area (Å²) in [6, 6.07) is 0.658. The highest BCUT2D eigenvalue weighted by molar-refractivity contribution is 5.68. The first-order valence-corrected chi connectivity index (χ1v) is 6.70. The normalized spacial score (nSPS) is 27.8. The molecular weight excluding hydrogens is 216 g/mol. The summed E-state index contributed by atoms with van der Waals surface area (Å²) in [5.74, 6) is -0.695. The van der Waals surface area contributed by atoms with Crippen molar-refractivity contribution in [3.63, 3.8) is 0 Å². The van der Waals surface area contributed by atoms with Crippen LogP contribution in [0.5, 0.6) is 0 Å². The highest BCUT2D eigenvalue weighted by Gasteiger charge is 2.37. The first-order valence-electron chi connectivity index (χ1n) is 6.70. The molecule has 2 heterocycles. The zero-order valence-corrected chi connectivity index (χ0v) is 11.0. The summed E-state index contributed by atoms with van der Waals surface area (Å²) in [6.07, 6.45) is 4.09. The lowest BCUT2D eigenvalue weighted by Gasteiger charge is -2.35. The first kappa shape index (κ1) is 12.8. The van der Waals surface area contributed by atoms with Crippen LogP contribution in [0.25, 0.3) is 0 Å². The van der Waals surface area contributed by atoms with E-state index in [0.717, 1.165) is 13.1 Å². The Balaban J connectivity index is 1.90. The summed E-state index contributed by atoms with van der Waals surface area (Å²) >= 11 is 0. The topological polar surface area (TPSA) is 43.8 Å². The quantitative estimate of drug-likeness (QED) is 0.807.